The number of anilines is 1. The van der Waals surface area contributed by atoms with Gasteiger partial charge in [0.2, 0.25) is 11.8 Å². The highest BCUT2D eigenvalue weighted by atomic mass is 16.2. The first-order valence-corrected chi connectivity index (χ1v) is 10.4. The van der Waals surface area contributed by atoms with Gasteiger partial charge in [-0.2, -0.15) is 0 Å². The van der Waals surface area contributed by atoms with Crippen LogP contribution in [0.4, 0.5) is 5.69 Å². The zero-order valence-electron chi connectivity index (χ0n) is 17.3. The molecule has 0 N–H and O–H groups in total. The SMILES string of the molecule is Cc1cccc(N2CC(C(=O)N3CCN(Cc4ccccc4)CC3)CC2=O)c1C. The van der Waals surface area contributed by atoms with Crippen molar-refractivity contribution in [2.45, 2.75) is 26.8 Å². The molecule has 0 bridgehead atoms. The standard InChI is InChI=1S/C24H29N3O2/c1-18-7-6-10-22(19(18)2)27-17-21(15-23(27)28)24(29)26-13-11-25(12-14-26)16-20-8-4-3-5-9-20/h3-10,21H,11-17H2,1-2H3. The molecular formula is C24H29N3O2. The summed E-state index contributed by atoms with van der Waals surface area (Å²) in [5.41, 5.74) is 4.53. The zero-order chi connectivity index (χ0) is 20.4. The molecule has 29 heavy (non-hydrogen) atoms. The fraction of sp³-hybridized carbons (Fsp3) is 0.417. The van der Waals surface area contributed by atoms with Crippen LogP contribution in [-0.4, -0.2) is 54.3 Å². The average molecular weight is 392 g/mol. The minimum atomic E-state index is -0.233. The minimum Gasteiger partial charge on any atom is -0.340 e. The molecule has 5 heteroatoms. The minimum absolute atomic E-state index is 0.0553. The van der Waals surface area contributed by atoms with E-state index in [0.717, 1.165) is 44.0 Å². The number of nitrogens with zero attached hydrogens (tertiary/aromatic N) is 3. The molecule has 0 spiro atoms. The molecule has 4 rings (SSSR count). The van der Waals surface area contributed by atoms with E-state index < -0.39 is 0 Å². The van der Waals surface area contributed by atoms with Crippen LogP contribution >= 0.6 is 0 Å². The molecule has 2 aliphatic rings. The number of piperazine rings is 1. The monoisotopic (exact) mass is 391 g/mol. The van der Waals surface area contributed by atoms with Crippen LogP contribution in [0.25, 0.3) is 0 Å². The zero-order valence-corrected chi connectivity index (χ0v) is 17.3. The number of amides is 2. The van der Waals surface area contributed by atoms with Crippen LogP contribution in [-0.2, 0) is 16.1 Å². The van der Waals surface area contributed by atoms with Gasteiger partial charge < -0.3 is 9.80 Å². The lowest BCUT2D eigenvalue weighted by molar-refractivity contribution is -0.137. The van der Waals surface area contributed by atoms with E-state index in [9.17, 15) is 9.59 Å². The van der Waals surface area contributed by atoms with Crippen LogP contribution in [0.3, 0.4) is 0 Å². The normalized spacial score (nSPS) is 20.3. The highest BCUT2D eigenvalue weighted by Gasteiger charge is 2.38. The van der Waals surface area contributed by atoms with Gasteiger partial charge in [-0.15, -0.1) is 0 Å². The second-order valence-electron chi connectivity index (χ2n) is 8.21. The summed E-state index contributed by atoms with van der Waals surface area (Å²) >= 11 is 0. The van der Waals surface area contributed by atoms with Crippen LogP contribution in [0.2, 0.25) is 0 Å². The van der Waals surface area contributed by atoms with Crippen LogP contribution in [0.1, 0.15) is 23.1 Å². The molecule has 2 aromatic carbocycles. The molecule has 5 nitrogen and oxygen atoms in total. The summed E-state index contributed by atoms with van der Waals surface area (Å²) in [6.45, 7) is 8.73. The van der Waals surface area contributed by atoms with Gasteiger partial charge in [-0.1, -0.05) is 42.5 Å². The molecule has 152 valence electrons. The molecule has 2 heterocycles. The first kappa shape index (κ1) is 19.6. The Labute approximate surface area is 172 Å². The third-order valence-electron chi connectivity index (χ3n) is 6.27. The smallest absolute Gasteiger partial charge is 0.228 e. The van der Waals surface area contributed by atoms with Crippen molar-refractivity contribution < 1.29 is 9.59 Å². The highest BCUT2D eigenvalue weighted by Crippen LogP contribution is 2.30. The molecule has 0 saturated carbocycles. The van der Waals surface area contributed by atoms with E-state index in [1.807, 2.05) is 30.0 Å². The maximum absolute atomic E-state index is 13.1. The van der Waals surface area contributed by atoms with Gasteiger partial charge in [0, 0.05) is 51.4 Å². The fourth-order valence-electron chi connectivity index (χ4n) is 4.36. The third-order valence-corrected chi connectivity index (χ3v) is 6.27. The Morgan fingerprint density at radius 2 is 1.69 bits per heavy atom. The molecule has 2 aromatic rings. The third kappa shape index (κ3) is 4.20. The summed E-state index contributed by atoms with van der Waals surface area (Å²) < 4.78 is 0. The summed E-state index contributed by atoms with van der Waals surface area (Å²) in [4.78, 5) is 31.8. The first-order valence-electron chi connectivity index (χ1n) is 10.4. The van der Waals surface area contributed by atoms with E-state index in [1.165, 1.54) is 11.1 Å². The highest BCUT2D eigenvalue weighted by molar-refractivity contribution is 6.01. The summed E-state index contributed by atoms with van der Waals surface area (Å²) in [5.74, 6) is -0.0478. The topological polar surface area (TPSA) is 43.9 Å². The number of aryl methyl sites for hydroxylation is 1. The Hall–Kier alpha value is -2.66. The van der Waals surface area contributed by atoms with Gasteiger partial charge in [0.15, 0.2) is 0 Å². The quantitative estimate of drug-likeness (QED) is 0.805. The first-order chi connectivity index (χ1) is 14.0. The van der Waals surface area contributed by atoms with E-state index in [0.29, 0.717) is 13.0 Å². The largest absolute Gasteiger partial charge is 0.340 e. The Balaban J connectivity index is 1.35. The van der Waals surface area contributed by atoms with Crippen molar-refractivity contribution in [3.63, 3.8) is 0 Å². The van der Waals surface area contributed by atoms with Crippen molar-refractivity contribution in [1.29, 1.82) is 0 Å². The van der Waals surface area contributed by atoms with Crippen molar-refractivity contribution in [2.75, 3.05) is 37.6 Å². The van der Waals surface area contributed by atoms with Gasteiger partial charge in [-0.3, -0.25) is 14.5 Å². The second kappa shape index (κ2) is 8.37. The van der Waals surface area contributed by atoms with Gasteiger partial charge in [0.1, 0.15) is 0 Å². The predicted octanol–water partition coefficient (Wildman–Crippen LogP) is 3.00. The lowest BCUT2D eigenvalue weighted by atomic mass is 10.1. The van der Waals surface area contributed by atoms with Crippen LogP contribution < -0.4 is 4.90 Å². The van der Waals surface area contributed by atoms with Crippen molar-refractivity contribution in [1.82, 2.24) is 9.80 Å². The maximum atomic E-state index is 13.1. The lowest BCUT2D eigenvalue weighted by Crippen LogP contribution is -2.50. The van der Waals surface area contributed by atoms with E-state index in [4.69, 9.17) is 0 Å². The molecule has 0 aromatic heterocycles. The van der Waals surface area contributed by atoms with Crippen molar-refractivity contribution >= 4 is 17.5 Å². The Morgan fingerprint density at radius 3 is 2.41 bits per heavy atom. The Bertz CT molecular complexity index is 888. The number of benzene rings is 2. The van der Waals surface area contributed by atoms with Gasteiger partial charge in [0.05, 0.1) is 5.92 Å². The molecule has 2 saturated heterocycles. The molecule has 0 aliphatic carbocycles. The number of hydrogen-bond acceptors (Lipinski definition) is 3. The van der Waals surface area contributed by atoms with E-state index in [2.05, 4.69) is 42.2 Å². The second-order valence-corrected chi connectivity index (χ2v) is 8.21. The van der Waals surface area contributed by atoms with Crippen LogP contribution in [0.15, 0.2) is 48.5 Å². The summed E-state index contributed by atoms with van der Waals surface area (Å²) in [6.07, 6.45) is 0.316. The van der Waals surface area contributed by atoms with Crippen molar-refractivity contribution in [3.05, 3.63) is 65.2 Å². The van der Waals surface area contributed by atoms with Crippen molar-refractivity contribution in [3.8, 4) is 0 Å². The van der Waals surface area contributed by atoms with Crippen molar-refractivity contribution in [2.24, 2.45) is 5.92 Å². The average Bonchev–Trinajstić information content (AvgIpc) is 3.12. The summed E-state index contributed by atoms with van der Waals surface area (Å²) in [7, 11) is 0. The van der Waals surface area contributed by atoms with Crippen LogP contribution in [0.5, 0.6) is 0 Å². The Kier molecular flexibility index (Phi) is 5.67. The van der Waals surface area contributed by atoms with Gasteiger partial charge in [-0.05, 0) is 36.6 Å². The number of carbonyl (C=O) groups is 2. The molecule has 1 atom stereocenters. The summed E-state index contributed by atoms with van der Waals surface area (Å²) in [6, 6.07) is 16.5. The molecule has 2 aliphatic heterocycles. The van der Waals surface area contributed by atoms with Gasteiger partial charge in [0.25, 0.3) is 0 Å². The molecule has 1 unspecified atom stereocenters. The number of carbonyl (C=O) groups excluding carboxylic acids is 2. The number of hydrogen-bond donors (Lipinski definition) is 0. The fourth-order valence-corrected chi connectivity index (χ4v) is 4.36. The van der Waals surface area contributed by atoms with E-state index >= 15 is 0 Å². The molecule has 2 fully saturated rings. The lowest BCUT2D eigenvalue weighted by Gasteiger charge is -2.36. The predicted molar refractivity (Wildman–Crippen MR) is 115 cm³/mol. The van der Waals surface area contributed by atoms with Crippen LogP contribution in [0, 0.1) is 19.8 Å². The molecular weight excluding hydrogens is 362 g/mol. The molecule has 0 radical (unpaired) electrons. The number of rotatable bonds is 4. The van der Waals surface area contributed by atoms with Gasteiger partial charge >= 0.3 is 0 Å². The maximum Gasteiger partial charge on any atom is 0.228 e. The van der Waals surface area contributed by atoms with Gasteiger partial charge in [-0.25, -0.2) is 0 Å². The van der Waals surface area contributed by atoms with E-state index in [-0.39, 0.29) is 17.7 Å². The Morgan fingerprint density at radius 1 is 0.966 bits per heavy atom. The van der Waals surface area contributed by atoms with E-state index in [1.54, 1.807) is 4.90 Å². The molecule has 2 amide bonds. The summed E-state index contributed by atoms with van der Waals surface area (Å²) in [5, 5.41) is 0.